The van der Waals surface area contributed by atoms with E-state index >= 15 is 0 Å². The van der Waals surface area contributed by atoms with E-state index in [2.05, 4.69) is 0 Å². The Morgan fingerprint density at radius 2 is 0.930 bits per heavy atom. The van der Waals surface area contributed by atoms with Gasteiger partial charge in [0.25, 0.3) is 0 Å². The molecule has 6 rings (SSSR count). The van der Waals surface area contributed by atoms with Crippen LogP contribution in [0.4, 0.5) is 0 Å². The normalized spacial score (nSPS) is 23.0. The monoisotopic (exact) mass is 582 g/mol. The lowest BCUT2D eigenvalue weighted by Gasteiger charge is -2.49. The van der Waals surface area contributed by atoms with Gasteiger partial charge in [-0.3, -0.25) is 0 Å². The Bertz CT molecular complexity index is 1350. The Labute approximate surface area is 253 Å². The Morgan fingerprint density at radius 1 is 0.512 bits per heavy atom. The lowest BCUT2D eigenvalue weighted by molar-refractivity contribution is -0.442. The van der Waals surface area contributed by atoms with Gasteiger partial charge >= 0.3 is 5.97 Å². The molecule has 4 aromatic carbocycles. The molecule has 4 aromatic rings. The summed E-state index contributed by atoms with van der Waals surface area (Å²) < 4.78 is 45.2. The van der Waals surface area contributed by atoms with Crippen molar-refractivity contribution in [3.05, 3.63) is 144 Å². The second-order valence-electron chi connectivity index (χ2n) is 10.7. The molecule has 2 aliphatic rings. The Hall–Kier alpha value is -3.40. The molecule has 0 N–H and O–H groups in total. The maximum atomic E-state index is 6.71. The summed E-state index contributed by atoms with van der Waals surface area (Å²) >= 11 is 0. The minimum Gasteiger partial charge on any atom is -0.374 e. The first-order valence-corrected chi connectivity index (χ1v) is 14.8. The van der Waals surface area contributed by atoms with Crippen molar-refractivity contribution in [1.82, 2.24) is 0 Å². The van der Waals surface area contributed by atoms with Gasteiger partial charge in [0.2, 0.25) is 0 Å². The Kier molecular flexibility index (Phi) is 10.3. The highest BCUT2D eigenvalue weighted by Crippen LogP contribution is 2.40. The van der Waals surface area contributed by atoms with Crippen molar-refractivity contribution in [2.75, 3.05) is 19.8 Å². The summed E-state index contributed by atoms with van der Waals surface area (Å²) in [5.41, 5.74) is 4.18. The average molecular weight is 583 g/mol. The van der Waals surface area contributed by atoms with Gasteiger partial charge in [0.15, 0.2) is 6.10 Å². The van der Waals surface area contributed by atoms with Gasteiger partial charge in [0.1, 0.15) is 18.3 Å². The first kappa shape index (κ1) is 29.7. The van der Waals surface area contributed by atoms with E-state index in [-0.39, 0.29) is 6.61 Å². The molecule has 1 spiro atoms. The van der Waals surface area contributed by atoms with Crippen molar-refractivity contribution in [2.45, 2.75) is 56.8 Å². The molecule has 43 heavy (non-hydrogen) atoms. The fourth-order valence-electron chi connectivity index (χ4n) is 5.44. The van der Waals surface area contributed by atoms with E-state index in [1.54, 1.807) is 0 Å². The molecule has 7 heteroatoms. The molecule has 7 nitrogen and oxygen atoms in total. The van der Waals surface area contributed by atoms with E-state index in [0.717, 1.165) is 22.3 Å². The number of rotatable bonds is 13. The first-order valence-electron chi connectivity index (χ1n) is 14.8. The van der Waals surface area contributed by atoms with Crippen molar-refractivity contribution >= 4 is 0 Å². The van der Waals surface area contributed by atoms with E-state index in [4.69, 9.17) is 33.2 Å². The molecule has 2 fully saturated rings. The van der Waals surface area contributed by atoms with Crippen molar-refractivity contribution in [3.63, 3.8) is 0 Å². The highest BCUT2D eigenvalue weighted by Gasteiger charge is 2.61. The fourth-order valence-corrected chi connectivity index (χ4v) is 5.44. The number of hydrogen-bond acceptors (Lipinski definition) is 7. The molecule has 2 saturated heterocycles. The maximum Gasteiger partial charge on any atom is 0.314 e. The molecule has 0 amide bonds. The molecular formula is C36H38O7. The molecular weight excluding hydrogens is 544 g/mol. The zero-order valence-electron chi connectivity index (χ0n) is 24.2. The van der Waals surface area contributed by atoms with Crippen LogP contribution in [-0.4, -0.2) is 50.2 Å². The summed E-state index contributed by atoms with van der Waals surface area (Å²) in [4.78, 5) is 0. The molecule has 4 atom stereocenters. The smallest absolute Gasteiger partial charge is 0.314 e. The van der Waals surface area contributed by atoms with E-state index in [0.29, 0.717) is 39.6 Å². The molecule has 2 heterocycles. The number of hydrogen-bond donors (Lipinski definition) is 0. The minimum absolute atomic E-state index is 0.249. The highest BCUT2D eigenvalue weighted by molar-refractivity contribution is 5.16. The van der Waals surface area contributed by atoms with Crippen LogP contribution in [0.2, 0.25) is 0 Å². The Balaban J connectivity index is 1.29. The summed E-state index contributed by atoms with van der Waals surface area (Å²) in [7, 11) is 0. The summed E-state index contributed by atoms with van der Waals surface area (Å²) in [5, 5.41) is 0. The van der Waals surface area contributed by atoms with Gasteiger partial charge in [-0.05, 0) is 22.3 Å². The zero-order valence-corrected chi connectivity index (χ0v) is 24.2. The lowest BCUT2D eigenvalue weighted by Crippen LogP contribution is -2.67. The molecule has 0 aliphatic carbocycles. The molecule has 0 saturated carbocycles. The fraction of sp³-hybridized carbons (Fsp3) is 0.333. The maximum absolute atomic E-state index is 6.71. The average Bonchev–Trinajstić information content (AvgIpc) is 3.53. The third-order valence-corrected chi connectivity index (χ3v) is 7.58. The standard InChI is InChI=1S/C36H38O7/c1-5-13-28(14-6-1)23-37-27-32-33(38-24-29-15-7-2-8-16-29)34(39-25-30-17-9-3-10-18-30)35(36(43-32)41-21-22-42-36)40-26-31-19-11-4-12-20-31/h1-20,32-35H,21-27H2. The van der Waals surface area contributed by atoms with Gasteiger partial charge in [-0.25, -0.2) is 0 Å². The van der Waals surface area contributed by atoms with Gasteiger partial charge in [0.05, 0.1) is 46.2 Å². The van der Waals surface area contributed by atoms with Crippen LogP contribution in [-0.2, 0) is 59.6 Å². The Morgan fingerprint density at radius 3 is 1.42 bits per heavy atom. The van der Waals surface area contributed by atoms with Crippen molar-refractivity contribution in [1.29, 1.82) is 0 Å². The molecule has 224 valence electrons. The molecule has 0 radical (unpaired) electrons. The van der Waals surface area contributed by atoms with Crippen LogP contribution in [0.15, 0.2) is 121 Å². The van der Waals surface area contributed by atoms with Crippen LogP contribution in [0.3, 0.4) is 0 Å². The van der Waals surface area contributed by atoms with E-state index in [1.165, 1.54) is 0 Å². The lowest BCUT2D eigenvalue weighted by atomic mass is 9.96. The second kappa shape index (κ2) is 14.9. The third-order valence-electron chi connectivity index (χ3n) is 7.58. The van der Waals surface area contributed by atoms with Gasteiger partial charge in [-0.15, -0.1) is 0 Å². The minimum atomic E-state index is -1.45. The predicted molar refractivity (Wildman–Crippen MR) is 161 cm³/mol. The van der Waals surface area contributed by atoms with Crippen molar-refractivity contribution in [2.24, 2.45) is 0 Å². The summed E-state index contributed by atoms with van der Waals surface area (Å²) in [6, 6.07) is 40.2. The van der Waals surface area contributed by atoms with Crippen LogP contribution in [0.1, 0.15) is 22.3 Å². The molecule has 0 bridgehead atoms. The van der Waals surface area contributed by atoms with Crippen molar-refractivity contribution in [3.8, 4) is 0 Å². The van der Waals surface area contributed by atoms with Crippen LogP contribution in [0.5, 0.6) is 0 Å². The predicted octanol–water partition coefficient (Wildman–Crippen LogP) is 6.06. The quantitative estimate of drug-likeness (QED) is 0.190. The van der Waals surface area contributed by atoms with Crippen molar-refractivity contribution < 1.29 is 33.2 Å². The number of ether oxygens (including phenoxy) is 7. The van der Waals surface area contributed by atoms with Crippen LogP contribution in [0.25, 0.3) is 0 Å². The highest BCUT2D eigenvalue weighted by atomic mass is 16.9. The summed E-state index contributed by atoms with van der Waals surface area (Å²) in [5.74, 6) is -1.45. The van der Waals surface area contributed by atoms with E-state index in [9.17, 15) is 0 Å². The van der Waals surface area contributed by atoms with E-state index in [1.807, 2.05) is 121 Å². The van der Waals surface area contributed by atoms with Crippen LogP contribution >= 0.6 is 0 Å². The van der Waals surface area contributed by atoms with Gasteiger partial charge in [0, 0.05) is 0 Å². The molecule has 2 aliphatic heterocycles. The topological polar surface area (TPSA) is 64.6 Å². The summed E-state index contributed by atoms with van der Waals surface area (Å²) in [6.45, 7) is 2.50. The van der Waals surface area contributed by atoms with Crippen LogP contribution in [0, 0.1) is 0 Å². The van der Waals surface area contributed by atoms with E-state index < -0.39 is 30.4 Å². The number of benzene rings is 4. The second-order valence-corrected chi connectivity index (χ2v) is 10.7. The molecule has 0 aromatic heterocycles. The first-order chi connectivity index (χ1) is 21.3. The zero-order chi connectivity index (χ0) is 29.2. The van der Waals surface area contributed by atoms with Gasteiger partial charge < -0.3 is 33.2 Å². The largest absolute Gasteiger partial charge is 0.374 e. The van der Waals surface area contributed by atoms with Crippen LogP contribution < -0.4 is 0 Å². The van der Waals surface area contributed by atoms with Gasteiger partial charge in [-0.2, -0.15) is 0 Å². The third kappa shape index (κ3) is 7.77. The summed E-state index contributed by atoms with van der Waals surface area (Å²) in [6.07, 6.45) is -2.42. The SMILES string of the molecule is c1ccc(COCC2OC3(OCCO3)C(OCc3ccccc3)C(OCc3ccccc3)C2OCc2ccccc2)cc1. The molecule has 4 unspecified atom stereocenters. The van der Waals surface area contributed by atoms with Gasteiger partial charge in [-0.1, -0.05) is 121 Å².